The van der Waals surface area contributed by atoms with Crippen molar-refractivity contribution >= 4 is 17.5 Å². The molecule has 2 rings (SSSR count). The molecule has 0 fully saturated rings. The molecule has 7 heteroatoms. The normalized spacial score (nSPS) is 11.6. The number of rotatable bonds is 11. The minimum atomic E-state index is -0.645. The molecule has 2 aromatic carbocycles. The molecule has 1 unspecified atom stereocenters. The number of carbonyl (C=O) groups excluding carboxylic acids is 2. The number of benzene rings is 2. The first kappa shape index (κ1) is 24.1. The summed E-state index contributed by atoms with van der Waals surface area (Å²) in [6.07, 6.45) is 2.14. The van der Waals surface area contributed by atoms with Crippen molar-refractivity contribution in [1.29, 1.82) is 0 Å². The Bertz CT molecular complexity index is 896. The van der Waals surface area contributed by atoms with E-state index in [1.54, 1.807) is 23.1 Å². The molecule has 0 aliphatic carbocycles. The van der Waals surface area contributed by atoms with E-state index < -0.39 is 11.0 Å². The van der Waals surface area contributed by atoms with E-state index in [1.807, 2.05) is 45.0 Å². The second-order valence-corrected chi connectivity index (χ2v) is 7.64. The first-order valence-electron chi connectivity index (χ1n) is 10.7. The molecule has 0 bridgehead atoms. The highest BCUT2D eigenvalue weighted by Gasteiger charge is 2.29. The Morgan fingerprint density at radius 2 is 1.77 bits per heavy atom. The Hall–Kier alpha value is -3.22. The number of nitro groups is 1. The second-order valence-electron chi connectivity index (χ2n) is 7.64. The quantitative estimate of drug-likeness (QED) is 0.332. The molecule has 2 amide bonds. The van der Waals surface area contributed by atoms with E-state index in [9.17, 15) is 19.7 Å². The van der Waals surface area contributed by atoms with E-state index in [2.05, 4.69) is 5.32 Å². The minimum Gasteiger partial charge on any atom is -0.354 e. The number of hydrogen-bond acceptors (Lipinski definition) is 4. The number of nitrogens with zero attached hydrogens (tertiary/aromatic N) is 2. The zero-order chi connectivity index (χ0) is 22.8. The van der Waals surface area contributed by atoms with Gasteiger partial charge in [0.15, 0.2) is 0 Å². The first-order chi connectivity index (χ1) is 14.9. The summed E-state index contributed by atoms with van der Waals surface area (Å²) in [6.45, 7) is 6.72. The summed E-state index contributed by atoms with van der Waals surface area (Å²) in [4.78, 5) is 38.6. The van der Waals surface area contributed by atoms with Crippen molar-refractivity contribution < 1.29 is 14.5 Å². The summed E-state index contributed by atoms with van der Waals surface area (Å²) < 4.78 is 0. The van der Waals surface area contributed by atoms with Gasteiger partial charge in [0.25, 0.3) is 5.69 Å². The first-order valence-corrected chi connectivity index (χ1v) is 10.7. The van der Waals surface area contributed by atoms with Crippen molar-refractivity contribution in [1.82, 2.24) is 10.2 Å². The molecular weight excluding hydrogens is 394 g/mol. The van der Waals surface area contributed by atoms with Gasteiger partial charge in [0.05, 0.1) is 11.3 Å². The van der Waals surface area contributed by atoms with Gasteiger partial charge in [0, 0.05) is 24.7 Å². The number of para-hydroxylation sites is 1. The van der Waals surface area contributed by atoms with E-state index in [1.165, 1.54) is 6.07 Å². The molecule has 1 atom stereocenters. The van der Waals surface area contributed by atoms with Gasteiger partial charge in [-0.15, -0.1) is 0 Å². The zero-order valence-corrected chi connectivity index (χ0v) is 18.5. The van der Waals surface area contributed by atoms with Crippen molar-refractivity contribution in [3.05, 3.63) is 75.3 Å². The Labute approximate surface area is 183 Å². The number of aryl methyl sites for hydroxylation is 1. The van der Waals surface area contributed by atoms with Gasteiger partial charge in [-0.3, -0.25) is 19.7 Å². The number of carbonyl (C=O) groups is 2. The molecule has 0 aliphatic heterocycles. The fourth-order valence-corrected chi connectivity index (χ4v) is 3.42. The third-order valence-electron chi connectivity index (χ3n) is 5.22. The molecule has 0 saturated heterocycles. The molecule has 0 radical (unpaired) electrons. The Morgan fingerprint density at radius 3 is 2.39 bits per heavy atom. The van der Waals surface area contributed by atoms with Gasteiger partial charge in [-0.05, 0) is 25.3 Å². The van der Waals surface area contributed by atoms with E-state index in [0.29, 0.717) is 18.5 Å². The molecule has 0 spiro atoms. The van der Waals surface area contributed by atoms with E-state index in [-0.39, 0.29) is 30.5 Å². The lowest BCUT2D eigenvalue weighted by Crippen LogP contribution is -2.49. The fraction of sp³-hybridized carbons (Fsp3) is 0.417. The lowest BCUT2D eigenvalue weighted by Gasteiger charge is -2.31. The van der Waals surface area contributed by atoms with Crippen LogP contribution in [0, 0.1) is 17.0 Å². The molecule has 7 nitrogen and oxygen atoms in total. The molecule has 0 heterocycles. The molecule has 0 aromatic heterocycles. The summed E-state index contributed by atoms with van der Waals surface area (Å²) >= 11 is 0. The molecule has 31 heavy (non-hydrogen) atoms. The Kier molecular flexibility index (Phi) is 9.18. The van der Waals surface area contributed by atoms with Crippen LogP contribution in [0.4, 0.5) is 5.69 Å². The van der Waals surface area contributed by atoms with Crippen LogP contribution in [0.25, 0.3) is 0 Å². The average Bonchev–Trinajstić information content (AvgIpc) is 2.75. The lowest BCUT2D eigenvalue weighted by molar-refractivity contribution is -0.385. The van der Waals surface area contributed by atoms with Crippen LogP contribution in [-0.2, 0) is 22.6 Å². The van der Waals surface area contributed by atoms with Gasteiger partial charge in [-0.2, -0.15) is 0 Å². The van der Waals surface area contributed by atoms with Gasteiger partial charge in [-0.1, -0.05) is 68.3 Å². The molecule has 0 saturated carbocycles. The summed E-state index contributed by atoms with van der Waals surface area (Å²) in [5, 5.41) is 14.3. The number of amides is 2. The fourth-order valence-electron chi connectivity index (χ4n) is 3.42. The third-order valence-corrected chi connectivity index (χ3v) is 5.22. The zero-order valence-electron chi connectivity index (χ0n) is 18.5. The van der Waals surface area contributed by atoms with Gasteiger partial charge in [-0.25, -0.2) is 0 Å². The van der Waals surface area contributed by atoms with Crippen LogP contribution in [0.1, 0.15) is 49.8 Å². The number of nitro benzene ring substituents is 1. The maximum Gasteiger partial charge on any atom is 0.273 e. The van der Waals surface area contributed by atoms with Crippen LogP contribution >= 0.6 is 0 Å². The van der Waals surface area contributed by atoms with Crippen molar-refractivity contribution in [2.45, 2.75) is 59.0 Å². The summed E-state index contributed by atoms with van der Waals surface area (Å²) in [7, 11) is 0. The van der Waals surface area contributed by atoms with Crippen LogP contribution in [0.3, 0.4) is 0 Å². The predicted octanol–water partition coefficient (Wildman–Crippen LogP) is 4.17. The highest BCUT2D eigenvalue weighted by Crippen LogP contribution is 2.21. The van der Waals surface area contributed by atoms with E-state index >= 15 is 0 Å². The maximum atomic E-state index is 13.3. The number of unbranched alkanes of at least 4 members (excludes halogenated alkanes) is 1. The predicted molar refractivity (Wildman–Crippen MR) is 121 cm³/mol. The average molecular weight is 426 g/mol. The smallest absolute Gasteiger partial charge is 0.273 e. The van der Waals surface area contributed by atoms with Crippen LogP contribution in [0.15, 0.2) is 48.5 Å². The SMILES string of the molecule is CCCCNC(=O)C(CC)N(Cc1ccc(C)cc1)C(=O)Cc1ccccc1[N+](=O)[O-]. The molecule has 166 valence electrons. The van der Waals surface area contributed by atoms with Crippen LogP contribution in [-0.4, -0.2) is 34.2 Å². The molecule has 2 aromatic rings. The molecular formula is C24H31N3O4. The summed E-state index contributed by atoms with van der Waals surface area (Å²) in [5.74, 6) is -0.508. The maximum absolute atomic E-state index is 13.3. The Balaban J connectivity index is 2.31. The minimum absolute atomic E-state index is 0.0911. The lowest BCUT2D eigenvalue weighted by atomic mass is 10.0. The van der Waals surface area contributed by atoms with Crippen molar-refractivity contribution in [2.24, 2.45) is 0 Å². The van der Waals surface area contributed by atoms with Crippen molar-refractivity contribution in [3.63, 3.8) is 0 Å². The van der Waals surface area contributed by atoms with E-state index in [0.717, 1.165) is 24.0 Å². The van der Waals surface area contributed by atoms with Gasteiger partial charge >= 0.3 is 0 Å². The van der Waals surface area contributed by atoms with Gasteiger partial charge < -0.3 is 10.2 Å². The molecule has 0 aliphatic rings. The number of nitrogens with one attached hydrogen (secondary N) is 1. The molecule has 1 N–H and O–H groups in total. The largest absolute Gasteiger partial charge is 0.354 e. The second kappa shape index (κ2) is 11.8. The monoisotopic (exact) mass is 425 g/mol. The van der Waals surface area contributed by atoms with E-state index in [4.69, 9.17) is 0 Å². The standard InChI is InChI=1S/C24H31N3O4/c1-4-6-15-25-24(29)21(5-2)26(17-19-13-11-18(3)12-14-19)23(28)16-20-9-7-8-10-22(20)27(30)31/h7-14,21H,4-6,15-17H2,1-3H3,(H,25,29). The van der Waals surface area contributed by atoms with Gasteiger partial charge in [0.2, 0.25) is 11.8 Å². The Morgan fingerprint density at radius 1 is 1.10 bits per heavy atom. The summed E-state index contributed by atoms with van der Waals surface area (Å²) in [5.41, 5.74) is 2.26. The van der Waals surface area contributed by atoms with Crippen LogP contribution < -0.4 is 5.32 Å². The third kappa shape index (κ3) is 6.91. The number of hydrogen-bond donors (Lipinski definition) is 1. The highest BCUT2D eigenvalue weighted by atomic mass is 16.6. The van der Waals surface area contributed by atoms with Crippen LogP contribution in [0.5, 0.6) is 0 Å². The van der Waals surface area contributed by atoms with Crippen LogP contribution in [0.2, 0.25) is 0 Å². The highest BCUT2D eigenvalue weighted by molar-refractivity contribution is 5.88. The van der Waals surface area contributed by atoms with Crippen molar-refractivity contribution in [3.8, 4) is 0 Å². The summed E-state index contributed by atoms with van der Waals surface area (Å²) in [6, 6.07) is 13.4. The topological polar surface area (TPSA) is 92.6 Å². The van der Waals surface area contributed by atoms with Gasteiger partial charge in [0.1, 0.15) is 6.04 Å². The van der Waals surface area contributed by atoms with Crippen molar-refractivity contribution in [2.75, 3.05) is 6.54 Å².